The minimum absolute atomic E-state index is 0.358. The minimum atomic E-state index is -0.358. The van der Waals surface area contributed by atoms with Gasteiger partial charge in [0, 0.05) is 16.5 Å². The van der Waals surface area contributed by atoms with Crippen molar-refractivity contribution in [3.8, 4) is 11.1 Å². The Morgan fingerprint density at radius 3 is 2.67 bits per heavy atom. The lowest BCUT2D eigenvalue weighted by Crippen LogP contribution is -2.12. The number of hydrogen-bond donors (Lipinski definition) is 2. The average Bonchev–Trinajstić information content (AvgIpc) is 3.20. The number of amides is 1. The monoisotopic (exact) mass is 396 g/mol. The molecule has 0 bridgehead atoms. The Bertz CT molecular complexity index is 993. The van der Waals surface area contributed by atoms with Crippen molar-refractivity contribution in [2.75, 3.05) is 11.5 Å². The van der Waals surface area contributed by atoms with Crippen LogP contribution >= 0.6 is 23.1 Å². The van der Waals surface area contributed by atoms with Crippen molar-refractivity contribution < 1.29 is 4.79 Å². The molecule has 3 heterocycles. The fourth-order valence-corrected chi connectivity index (χ4v) is 6.32. The molecule has 3 aromatic rings. The SMILES string of the molecule is NC(=O)c1cc(-c2csc(CC3CC3)c2)cc2c(C3CCSCC3)c[nH]c12. The summed E-state index contributed by atoms with van der Waals surface area (Å²) in [7, 11) is 0. The van der Waals surface area contributed by atoms with Gasteiger partial charge in [-0.3, -0.25) is 4.79 Å². The largest absolute Gasteiger partial charge is 0.366 e. The van der Waals surface area contributed by atoms with E-state index < -0.39 is 0 Å². The van der Waals surface area contributed by atoms with Crippen LogP contribution in [-0.2, 0) is 6.42 Å². The molecule has 3 N–H and O–H groups in total. The predicted molar refractivity (Wildman–Crippen MR) is 116 cm³/mol. The zero-order valence-electron chi connectivity index (χ0n) is 15.3. The highest BCUT2D eigenvalue weighted by molar-refractivity contribution is 7.99. The van der Waals surface area contributed by atoms with E-state index in [1.807, 2.05) is 29.2 Å². The van der Waals surface area contributed by atoms with Gasteiger partial charge in [0.05, 0.1) is 11.1 Å². The molecular weight excluding hydrogens is 372 g/mol. The Labute approximate surface area is 167 Å². The topological polar surface area (TPSA) is 58.9 Å². The maximum atomic E-state index is 12.1. The molecule has 5 rings (SSSR count). The third kappa shape index (κ3) is 3.43. The van der Waals surface area contributed by atoms with Crippen LogP contribution in [0, 0.1) is 5.92 Å². The summed E-state index contributed by atoms with van der Waals surface area (Å²) >= 11 is 3.88. The summed E-state index contributed by atoms with van der Waals surface area (Å²) in [5.74, 6) is 3.54. The van der Waals surface area contributed by atoms with Gasteiger partial charge in [0.15, 0.2) is 0 Å². The number of primary amides is 1. The molecule has 1 aliphatic carbocycles. The number of nitrogens with two attached hydrogens (primary N) is 1. The maximum absolute atomic E-state index is 12.1. The molecule has 0 spiro atoms. The highest BCUT2D eigenvalue weighted by Gasteiger charge is 2.24. The Kier molecular flexibility index (Phi) is 4.52. The molecule has 1 amide bonds. The second kappa shape index (κ2) is 7.02. The van der Waals surface area contributed by atoms with Crippen LogP contribution in [-0.4, -0.2) is 22.4 Å². The van der Waals surface area contributed by atoms with Crippen LogP contribution in [0.3, 0.4) is 0 Å². The molecule has 1 aromatic carbocycles. The molecule has 2 fully saturated rings. The molecule has 0 radical (unpaired) electrons. The van der Waals surface area contributed by atoms with E-state index in [0.717, 1.165) is 17.0 Å². The number of thioether (sulfide) groups is 1. The molecule has 27 heavy (non-hydrogen) atoms. The zero-order valence-corrected chi connectivity index (χ0v) is 16.9. The molecule has 5 heteroatoms. The van der Waals surface area contributed by atoms with E-state index in [2.05, 4.69) is 28.7 Å². The first kappa shape index (κ1) is 17.4. The van der Waals surface area contributed by atoms with Crippen LogP contribution < -0.4 is 5.73 Å². The number of rotatable bonds is 5. The molecule has 1 saturated heterocycles. The van der Waals surface area contributed by atoms with Crippen molar-refractivity contribution in [3.05, 3.63) is 45.8 Å². The number of hydrogen-bond acceptors (Lipinski definition) is 3. The smallest absolute Gasteiger partial charge is 0.250 e. The van der Waals surface area contributed by atoms with Gasteiger partial charge < -0.3 is 10.7 Å². The molecule has 0 unspecified atom stereocenters. The van der Waals surface area contributed by atoms with Gasteiger partial charge in [-0.25, -0.2) is 0 Å². The standard InChI is InChI=1S/C22H24N2OS2/c23-22(25)19-10-15(16-8-17(27-12-16)7-13-1-2-13)9-18-20(11-24-21(18)19)14-3-5-26-6-4-14/h8-14,24H,1-7H2,(H2,23,25). The second-order valence-electron chi connectivity index (χ2n) is 7.89. The number of carbonyl (C=O) groups excluding carboxylic acids is 1. The lowest BCUT2D eigenvalue weighted by Gasteiger charge is -2.21. The number of thiophene rings is 1. The molecule has 1 saturated carbocycles. The Hall–Kier alpha value is -1.72. The third-order valence-electron chi connectivity index (χ3n) is 5.92. The number of carbonyl (C=O) groups is 1. The normalized spacial score (nSPS) is 18.2. The summed E-state index contributed by atoms with van der Waals surface area (Å²) in [6, 6.07) is 6.53. The fraction of sp³-hybridized carbons (Fsp3) is 0.409. The van der Waals surface area contributed by atoms with Crippen molar-refractivity contribution in [2.45, 2.75) is 38.0 Å². The second-order valence-corrected chi connectivity index (χ2v) is 10.1. The molecular formula is C22H24N2OS2. The van der Waals surface area contributed by atoms with Crippen molar-refractivity contribution >= 4 is 39.9 Å². The Balaban J connectivity index is 1.59. The summed E-state index contributed by atoms with van der Waals surface area (Å²) in [4.78, 5) is 16.9. The highest BCUT2D eigenvalue weighted by atomic mass is 32.2. The summed E-state index contributed by atoms with van der Waals surface area (Å²) < 4.78 is 0. The average molecular weight is 397 g/mol. The summed E-state index contributed by atoms with van der Waals surface area (Å²) in [6.07, 6.45) is 8.46. The van der Waals surface area contributed by atoms with Crippen molar-refractivity contribution in [2.24, 2.45) is 11.7 Å². The van der Waals surface area contributed by atoms with Crippen LogP contribution in [0.15, 0.2) is 29.8 Å². The molecule has 2 aliphatic rings. The first-order chi connectivity index (χ1) is 13.2. The highest BCUT2D eigenvalue weighted by Crippen LogP contribution is 2.40. The van der Waals surface area contributed by atoms with Crippen LogP contribution in [0.25, 0.3) is 22.0 Å². The first-order valence-electron chi connectivity index (χ1n) is 9.79. The van der Waals surface area contributed by atoms with Gasteiger partial charge in [0.2, 0.25) is 0 Å². The third-order valence-corrected chi connectivity index (χ3v) is 7.93. The van der Waals surface area contributed by atoms with Crippen molar-refractivity contribution in [3.63, 3.8) is 0 Å². The number of fused-ring (bicyclic) bond motifs is 1. The van der Waals surface area contributed by atoms with E-state index in [1.165, 1.54) is 65.0 Å². The quantitative estimate of drug-likeness (QED) is 0.593. The summed E-state index contributed by atoms with van der Waals surface area (Å²) in [5, 5.41) is 3.40. The van der Waals surface area contributed by atoms with Crippen LogP contribution in [0.2, 0.25) is 0 Å². The number of aromatic nitrogens is 1. The molecule has 0 atom stereocenters. The molecule has 1 aliphatic heterocycles. The van der Waals surface area contributed by atoms with Gasteiger partial charge in [-0.15, -0.1) is 11.3 Å². The van der Waals surface area contributed by atoms with E-state index in [4.69, 9.17) is 5.73 Å². The lowest BCUT2D eigenvalue weighted by atomic mass is 9.91. The first-order valence-corrected chi connectivity index (χ1v) is 11.8. The number of H-pyrrole nitrogens is 1. The van der Waals surface area contributed by atoms with Gasteiger partial charge >= 0.3 is 0 Å². The molecule has 3 nitrogen and oxygen atoms in total. The van der Waals surface area contributed by atoms with E-state index in [1.54, 1.807) is 0 Å². The number of benzene rings is 1. The van der Waals surface area contributed by atoms with E-state index >= 15 is 0 Å². The van der Waals surface area contributed by atoms with E-state index in [0.29, 0.717) is 11.5 Å². The maximum Gasteiger partial charge on any atom is 0.250 e. The van der Waals surface area contributed by atoms with Gasteiger partial charge in [-0.05, 0) is 95.7 Å². The van der Waals surface area contributed by atoms with Crippen LogP contribution in [0.1, 0.15) is 52.4 Å². The summed E-state index contributed by atoms with van der Waals surface area (Å²) in [6.45, 7) is 0. The molecule has 2 aromatic heterocycles. The van der Waals surface area contributed by atoms with Crippen molar-refractivity contribution in [1.82, 2.24) is 4.98 Å². The van der Waals surface area contributed by atoms with Crippen molar-refractivity contribution in [1.29, 1.82) is 0 Å². The predicted octanol–water partition coefficient (Wildman–Crippen LogP) is 5.56. The lowest BCUT2D eigenvalue weighted by molar-refractivity contribution is 0.100. The van der Waals surface area contributed by atoms with Gasteiger partial charge in [-0.2, -0.15) is 11.8 Å². The Morgan fingerprint density at radius 1 is 1.11 bits per heavy atom. The van der Waals surface area contributed by atoms with Crippen LogP contribution in [0.4, 0.5) is 0 Å². The fourth-order valence-electron chi connectivity index (χ4n) is 4.21. The van der Waals surface area contributed by atoms with Gasteiger partial charge in [-0.1, -0.05) is 0 Å². The van der Waals surface area contributed by atoms with E-state index in [-0.39, 0.29) is 5.91 Å². The number of aromatic amines is 1. The minimum Gasteiger partial charge on any atom is -0.366 e. The van der Waals surface area contributed by atoms with Gasteiger partial charge in [0.25, 0.3) is 5.91 Å². The zero-order chi connectivity index (χ0) is 18.4. The number of nitrogens with one attached hydrogen (secondary N) is 1. The van der Waals surface area contributed by atoms with Crippen LogP contribution in [0.5, 0.6) is 0 Å². The summed E-state index contributed by atoms with van der Waals surface area (Å²) in [5.41, 5.74) is 10.9. The van der Waals surface area contributed by atoms with E-state index in [9.17, 15) is 4.79 Å². The Morgan fingerprint density at radius 2 is 1.93 bits per heavy atom. The molecule has 140 valence electrons. The van der Waals surface area contributed by atoms with Gasteiger partial charge in [0.1, 0.15) is 0 Å².